The minimum absolute atomic E-state index is 0.705. The Morgan fingerprint density at radius 1 is 0.815 bits per heavy atom. The largest absolute Gasteiger partial charge is 0.354 e. The molecule has 2 aliphatic rings. The number of hydrogen-bond acceptors (Lipinski definition) is 7. The first-order chi connectivity index (χ1) is 13.4. The molecule has 0 bridgehead atoms. The van der Waals surface area contributed by atoms with Gasteiger partial charge in [0, 0.05) is 51.7 Å². The lowest BCUT2D eigenvalue weighted by atomic mass is 10.1. The highest BCUT2D eigenvalue weighted by Gasteiger charge is 2.20. The molecule has 0 spiro atoms. The van der Waals surface area contributed by atoms with Crippen LogP contribution in [0.25, 0.3) is 0 Å². The standard InChI is InChI=1S/C19H30N8/c1-3-11-26(12-4-1)18-22-17(21-8-7-10-25-15-9-20-16-25)23-19(24-18)27-13-5-2-6-14-27/h9,15-16H,1-8,10-14H2,(H,21,22,23,24). The van der Waals surface area contributed by atoms with Gasteiger partial charge in [0.1, 0.15) is 0 Å². The van der Waals surface area contributed by atoms with Crippen LogP contribution in [0.4, 0.5) is 17.8 Å². The predicted octanol–water partition coefficient (Wildman–Crippen LogP) is 2.55. The number of aryl methyl sites for hydroxylation is 1. The summed E-state index contributed by atoms with van der Waals surface area (Å²) in [7, 11) is 0. The topological polar surface area (TPSA) is 75.0 Å². The van der Waals surface area contributed by atoms with Crippen molar-refractivity contribution in [1.29, 1.82) is 0 Å². The molecule has 8 heteroatoms. The van der Waals surface area contributed by atoms with Crippen LogP contribution in [0.3, 0.4) is 0 Å². The zero-order valence-corrected chi connectivity index (χ0v) is 16.1. The Kier molecular flexibility index (Phi) is 6.01. The van der Waals surface area contributed by atoms with E-state index < -0.39 is 0 Å². The van der Waals surface area contributed by atoms with E-state index in [0.717, 1.165) is 57.6 Å². The van der Waals surface area contributed by atoms with E-state index in [0.29, 0.717) is 5.95 Å². The lowest BCUT2D eigenvalue weighted by molar-refractivity contribution is 0.556. The van der Waals surface area contributed by atoms with Gasteiger partial charge >= 0.3 is 0 Å². The van der Waals surface area contributed by atoms with Gasteiger partial charge in [0.2, 0.25) is 17.8 Å². The van der Waals surface area contributed by atoms with Gasteiger partial charge in [-0.05, 0) is 44.9 Å². The van der Waals surface area contributed by atoms with Gasteiger partial charge in [-0.3, -0.25) is 0 Å². The van der Waals surface area contributed by atoms with E-state index in [4.69, 9.17) is 15.0 Å². The van der Waals surface area contributed by atoms with Crippen LogP contribution in [0.5, 0.6) is 0 Å². The second-order valence-corrected chi connectivity index (χ2v) is 7.44. The van der Waals surface area contributed by atoms with Crippen LogP contribution >= 0.6 is 0 Å². The molecule has 1 N–H and O–H groups in total. The summed E-state index contributed by atoms with van der Waals surface area (Å²) in [6.45, 7) is 5.96. The molecule has 2 saturated heterocycles. The van der Waals surface area contributed by atoms with Crippen LogP contribution in [0.2, 0.25) is 0 Å². The molecule has 146 valence electrons. The highest BCUT2D eigenvalue weighted by atomic mass is 15.4. The van der Waals surface area contributed by atoms with Gasteiger partial charge in [-0.15, -0.1) is 0 Å². The molecule has 2 fully saturated rings. The van der Waals surface area contributed by atoms with E-state index in [-0.39, 0.29) is 0 Å². The van der Waals surface area contributed by atoms with Crippen LogP contribution < -0.4 is 15.1 Å². The molecule has 4 heterocycles. The number of nitrogens with zero attached hydrogens (tertiary/aromatic N) is 7. The third-order valence-corrected chi connectivity index (χ3v) is 5.33. The van der Waals surface area contributed by atoms with Crippen LogP contribution in [-0.4, -0.2) is 57.2 Å². The Morgan fingerprint density at radius 3 is 2.00 bits per heavy atom. The SMILES string of the molecule is c1cn(CCCNc2nc(N3CCCCC3)nc(N3CCCCC3)n2)cn1. The predicted molar refractivity (Wildman–Crippen MR) is 107 cm³/mol. The fourth-order valence-corrected chi connectivity index (χ4v) is 3.78. The molecule has 0 radical (unpaired) electrons. The summed E-state index contributed by atoms with van der Waals surface area (Å²) in [6, 6.07) is 0. The fourth-order valence-electron chi connectivity index (χ4n) is 3.78. The maximum Gasteiger partial charge on any atom is 0.231 e. The minimum atomic E-state index is 0.705. The molecule has 0 atom stereocenters. The summed E-state index contributed by atoms with van der Waals surface area (Å²) in [6.07, 6.45) is 14.2. The van der Waals surface area contributed by atoms with E-state index in [9.17, 15) is 0 Å². The lowest BCUT2D eigenvalue weighted by Gasteiger charge is -2.30. The van der Waals surface area contributed by atoms with Crippen molar-refractivity contribution in [2.75, 3.05) is 47.8 Å². The molecule has 0 aliphatic carbocycles. The molecule has 2 aromatic heterocycles. The minimum Gasteiger partial charge on any atom is -0.354 e. The van der Waals surface area contributed by atoms with Gasteiger partial charge in [-0.25, -0.2) is 4.98 Å². The van der Waals surface area contributed by atoms with Crippen molar-refractivity contribution in [3.05, 3.63) is 18.7 Å². The molecule has 27 heavy (non-hydrogen) atoms. The molecule has 0 amide bonds. The van der Waals surface area contributed by atoms with Gasteiger partial charge in [-0.2, -0.15) is 15.0 Å². The fraction of sp³-hybridized carbons (Fsp3) is 0.684. The summed E-state index contributed by atoms with van der Waals surface area (Å²) >= 11 is 0. The number of nitrogens with one attached hydrogen (secondary N) is 1. The van der Waals surface area contributed by atoms with Crippen molar-refractivity contribution < 1.29 is 0 Å². The first-order valence-corrected chi connectivity index (χ1v) is 10.3. The second kappa shape index (κ2) is 9.01. The normalized spacial score (nSPS) is 17.9. The molecule has 0 aromatic carbocycles. The van der Waals surface area contributed by atoms with E-state index in [2.05, 4.69) is 24.7 Å². The lowest BCUT2D eigenvalue weighted by Crippen LogP contribution is -2.34. The molecular weight excluding hydrogens is 340 g/mol. The second-order valence-electron chi connectivity index (χ2n) is 7.44. The van der Waals surface area contributed by atoms with E-state index in [1.54, 1.807) is 0 Å². The summed E-state index contributed by atoms with van der Waals surface area (Å²) in [5, 5.41) is 3.42. The number of anilines is 3. The Labute approximate surface area is 161 Å². The Balaban J connectivity index is 1.44. The number of imidazole rings is 1. The monoisotopic (exact) mass is 370 g/mol. The van der Waals surface area contributed by atoms with Crippen molar-refractivity contribution >= 4 is 17.8 Å². The van der Waals surface area contributed by atoms with E-state index >= 15 is 0 Å². The molecule has 8 nitrogen and oxygen atoms in total. The maximum absolute atomic E-state index is 4.83. The zero-order valence-electron chi connectivity index (χ0n) is 16.1. The highest BCUT2D eigenvalue weighted by Crippen LogP contribution is 2.22. The molecular formula is C19H30N8. The van der Waals surface area contributed by atoms with Crippen molar-refractivity contribution in [3.8, 4) is 0 Å². The van der Waals surface area contributed by atoms with E-state index in [1.165, 1.54) is 38.5 Å². The molecule has 0 saturated carbocycles. The smallest absolute Gasteiger partial charge is 0.231 e. The summed E-state index contributed by atoms with van der Waals surface area (Å²) in [4.78, 5) is 23.0. The molecule has 2 aromatic rings. The molecule has 4 rings (SSSR count). The summed E-state index contributed by atoms with van der Waals surface area (Å²) < 4.78 is 2.09. The van der Waals surface area contributed by atoms with Gasteiger partial charge in [0.25, 0.3) is 0 Å². The van der Waals surface area contributed by atoms with Crippen molar-refractivity contribution in [2.24, 2.45) is 0 Å². The number of aromatic nitrogens is 5. The average molecular weight is 371 g/mol. The summed E-state index contributed by atoms with van der Waals surface area (Å²) in [5.74, 6) is 2.38. The Morgan fingerprint density at radius 2 is 1.44 bits per heavy atom. The third kappa shape index (κ3) is 4.87. The number of hydrogen-bond donors (Lipinski definition) is 1. The van der Waals surface area contributed by atoms with Gasteiger partial charge < -0.3 is 19.7 Å². The quantitative estimate of drug-likeness (QED) is 0.751. The average Bonchev–Trinajstić information content (AvgIpc) is 3.26. The Bertz CT molecular complexity index is 653. The van der Waals surface area contributed by atoms with Crippen LogP contribution in [0, 0.1) is 0 Å². The van der Waals surface area contributed by atoms with Crippen LogP contribution in [-0.2, 0) is 6.54 Å². The number of piperidine rings is 2. The maximum atomic E-state index is 4.83. The van der Waals surface area contributed by atoms with Gasteiger partial charge in [-0.1, -0.05) is 0 Å². The van der Waals surface area contributed by atoms with Crippen LogP contribution in [0.1, 0.15) is 44.9 Å². The van der Waals surface area contributed by atoms with Crippen molar-refractivity contribution in [1.82, 2.24) is 24.5 Å². The highest BCUT2D eigenvalue weighted by molar-refractivity contribution is 5.45. The zero-order chi connectivity index (χ0) is 18.3. The van der Waals surface area contributed by atoms with Crippen LogP contribution in [0.15, 0.2) is 18.7 Å². The molecule has 2 aliphatic heterocycles. The molecule has 0 unspecified atom stereocenters. The van der Waals surface area contributed by atoms with Crippen molar-refractivity contribution in [3.63, 3.8) is 0 Å². The van der Waals surface area contributed by atoms with Gasteiger partial charge in [0.05, 0.1) is 6.33 Å². The van der Waals surface area contributed by atoms with E-state index in [1.807, 2.05) is 18.7 Å². The number of rotatable bonds is 7. The van der Waals surface area contributed by atoms with Crippen molar-refractivity contribution in [2.45, 2.75) is 51.5 Å². The summed E-state index contributed by atoms with van der Waals surface area (Å²) in [5.41, 5.74) is 0. The van der Waals surface area contributed by atoms with Gasteiger partial charge in [0.15, 0.2) is 0 Å². The third-order valence-electron chi connectivity index (χ3n) is 5.33. The Hall–Kier alpha value is -2.38. The first-order valence-electron chi connectivity index (χ1n) is 10.3. The first kappa shape index (κ1) is 18.0.